The Labute approximate surface area is 148 Å². The van der Waals surface area contributed by atoms with Crippen molar-refractivity contribution in [2.75, 3.05) is 6.54 Å². The molecule has 25 heavy (non-hydrogen) atoms. The summed E-state index contributed by atoms with van der Waals surface area (Å²) in [5.74, 6) is 0.833. The molecule has 0 saturated heterocycles. The number of nitrogens with zero attached hydrogens (tertiary/aromatic N) is 2. The van der Waals surface area contributed by atoms with Gasteiger partial charge in [0.2, 0.25) is 21.7 Å². The van der Waals surface area contributed by atoms with Gasteiger partial charge in [0.1, 0.15) is 0 Å². The van der Waals surface area contributed by atoms with Crippen LogP contribution < -0.4 is 4.72 Å². The Morgan fingerprint density at radius 2 is 2.08 bits per heavy atom. The van der Waals surface area contributed by atoms with E-state index >= 15 is 0 Å². The van der Waals surface area contributed by atoms with Crippen LogP contribution in [-0.4, -0.2) is 25.1 Å². The molecular formula is C18H23N3O3S. The molecule has 1 aliphatic rings. The van der Waals surface area contributed by atoms with Gasteiger partial charge < -0.3 is 4.52 Å². The van der Waals surface area contributed by atoms with Gasteiger partial charge in [0, 0.05) is 19.0 Å². The van der Waals surface area contributed by atoms with Crippen LogP contribution in [0.1, 0.15) is 43.6 Å². The SMILES string of the molecule is Cc1nc(-c2ccc(C)c(S(=O)(=O)NCCC3=CCCCC3)c2)no1. The lowest BCUT2D eigenvalue weighted by atomic mass is 9.97. The number of hydrogen-bond acceptors (Lipinski definition) is 5. The van der Waals surface area contributed by atoms with Crippen LogP contribution in [0.5, 0.6) is 0 Å². The van der Waals surface area contributed by atoms with E-state index in [4.69, 9.17) is 4.52 Å². The molecule has 0 saturated carbocycles. The minimum absolute atomic E-state index is 0.255. The standard InChI is InChI=1S/C18H23N3O3S/c1-13-8-9-16(18-20-14(2)24-21-18)12-17(13)25(22,23)19-11-10-15-6-4-3-5-7-15/h6,8-9,12,19H,3-5,7,10-11H2,1-2H3. The molecule has 0 unspecified atom stereocenters. The molecule has 1 aromatic carbocycles. The van der Waals surface area contributed by atoms with Crippen molar-refractivity contribution in [3.8, 4) is 11.4 Å². The van der Waals surface area contributed by atoms with Crippen LogP contribution in [-0.2, 0) is 10.0 Å². The summed E-state index contributed by atoms with van der Waals surface area (Å²) in [6, 6.07) is 5.16. The summed E-state index contributed by atoms with van der Waals surface area (Å²) in [5.41, 5.74) is 2.66. The van der Waals surface area contributed by atoms with Gasteiger partial charge in [-0.15, -0.1) is 0 Å². The van der Waals surface area contributed by atoms with Crippen molar-refractivity contribution in [2.24, 2.45) is 0 Å². The highest BCUT2D eigenvalue weighted by atomic mass is 32.2. The number of sulfonamides is 1. The molecule has 0 fully saturated rings. The van der Waals surface area contributed by atoms with Gasteiger partial charge in [-0.3, -0.25) is 0 Å². The van der Waals surface area contributed by atoms with Crippen molar-refractivity contribution in [3.05, 3.63) is 41.3 Å². The zero-order valence-corrected chi connectivity index (χ0v) is 15.4. The van der Waals surface area contributed by atoms with Crippen LogP contribution in [0, 0.1) is 13.8 Å². The van der Waals surface area contributed by atoms with Crippen LogP contribution in [0.4, 0.5) is 0 Å². The first-order chi connectivity index (χ1) is 12.0. The lowest BCUT2D eigenvalue weighted by Crippen LogP contribution is -2.26. The lowest BCUT2D eigenvalue weighted by Gasteiger charge is -2.14. The van der Waals surface area contributed by atoms with Crippen molar-refractivity contribution in [1.82, 2.24) is 14.9 Å². The number of allylic oxidation sites excluding steroid dienone is 1. The van der Waals surface area contributed by atoms with Crippen LogP contribution in [0.25, 0.3) is 11.4 Å². The van der Waals surface area contributed by atoms with Gasteiger partial charge >= 0.3 is 0 Å². The summed E-state index contributed by atoms with van der Waals surface area (Å²) in [4.78, 5) is 4.41. The fraction of sp³-hybridized carbons (Fsp3) is 0.444. The third-order valence-corrected chi connectivity index (χ3v) is 5.99. The van der Waals surface area contributed by atoms with Crippen molar-refractivity contribution in [2.45, 2.75) is 50.8 Å². The van der Waals surface area contributed by atoms with Crippen LogP contribution in [0.3, 0.4) is 0 Å². The Morgan fingerprint density at radius 3 is 2.76 bits per heavy atom. The second-order valence-corrected chi connectivity index (χ2v) is 8.11. The second-order valence-electron chi connectivity index (χ2n) is 6.37. The molecular weight excluding hydrogens is 338 g/mol. The molecule has 0 radical (unpaired) electrons. The monoisotopic (exact) mass is 361 g/mol. The van der Waals surface area contributed by atoms with Gasteiger partial charge in [0.15, 0.2) is 0 Å². The van der Waals surface area contributed by atoms with Crippen molar-refractivity contribution in [3.63, 3.8) is 0 Å². The molecule has 1 aromatic heterocycles. The van der Waals surface area contributed by atoms with Crippen molar-refractivity contribution >= 4 is 10.0 Å². The molecule has 1 N–H and O–H groups in total. The number of aromatic nitrogens is 2. The van der Waals surface area contributed by atoms with Crippen LogP contribution in [0.15, 0.2) is 39.3 Å². The molecule has 3 rings (SSSR count). The quantitative estimate of drug-likeness (QED) is 0.796. The normalized spacial score (nSPS) is 15.2. The summed E-state index contributed by atoms with van der Waals surface area (Å²) in [7, 11) is -3.58. The highest BCUT2D eigenvalue weighted by molar-refractivity contribution is 7.89. The average Bonchev–Trinajstić information content (AvgIpc) is 3.02. The first-order valence-electron chi connectivity index (χ1n) is 8.54. The van der Waals surface area contributed by atoms with Gasteiger partial charge in [-0.25, -0.2) is 13.1 Å². The molecule has 6 nitrogen and oxygen atoms in total. The van der Waals surface area contributed by atoms with Gasteiger partial charge in [-0.05, 0) is 50.7 Å². The molecule has 2 aromatic rings. The van der Waals surface area contributed by atoms with Crippen LogP contribution in [0.2, 0.25) is 0 Å². The number of rotatable bonds is 6. The topological polar surface area (TPSA) is 85.1 Å². The first kappa shape index (κ1) is 17.8. The van der Waals surface area contributed by atoms with Gasteiger partial charge in [-0.1, -0.05) is 28.9 Å². The average molecular weight is 361 g/mol. The summed E-state index contributed by atoms with van der Waals surface area (Å²) in [6.45, 7) is 3.90. The molecule has 0 aliphatic heterocycles. The molecule has 0 atom stereocenters. The fourth-order valence-corrected chi connectivity index (χ4v) is 4.30. The summed E-state index contributed by atoms with van der Waals surface area (Å²) < 4.78 is 33.1. The molecule has 7 heteroatoms. The Balaban J connectivity index is 1.75. The number of benzene rings is 1. The number of nitrogens with one attached hydrogen (secondary N) is 1. The molecule has 134 valence electrons. The minimum atomic E-state index is -3.58. The third kappa shape index (κ3) is 4.35. The van der Waals surface area contributed by atoms with E-state index in [-0.39, 0.29) is 4.90 Å². The maximum Gasteiger partial charge on any atom is 0.240 e. The van der Waals surface area contributed by atoms with Gasteiger partial charge in [0.25, 0.3) is 0 Å². The molecule has 0 amide bonds. The summed E-state index contributed by atoms with van der Waals surface area (Å²) in [5, 5.41) is 3.85. The van der Waals surface area contributed by atoms with Gasteiger partial charge in [-0.2, -0.15) is 4.98 Å². The summed E-state index contributed by atoms with van der Waals surface area (Å²) >= 11 is 0. The van der Waals surface area contributed by atoms with Crippen molar-refractivity contribution < 1.29 is 12.9 Å². The Kier molecular flexibility index (Phi) is 5.34. The van der Waals surface area contributed by atoms with E-state index in [2.05, 4.69) is 20.9 Å². The Bertz CT molecular complexity index is 885. The zero-order valence-electron chi connectivity index (χ0n) is 14.6. The predicted octanol–water partition coefficient (Wildman–Crippen LogP) is 3.52. The van der Waals surface area contributed by atoms with E-state index in [0.29, 0.717) is 29.4 Å². The van der Waals surface area contributed by atoms with Crippen LogP contribution >= 0.6 is 0 Å². The highest BCUT2D eigenvalue weighted by Crippen LogP contribution is 2.24. The maximum atomic E-state index is 12.7. The first-order valence-corrected chi connectivity index (χ1v) is 10.0. The number of hydrogen-bond donors (Lipinski definition) is 1. The predicted molar refractivity (Wildman–Crippen MR) is 95.6 cm³/mol. The van der Waals surface area contributed by atoms with E-state index in [0.717, 1.165) is 19.3 Å². The smallest absolute Gasteiger partial charge is 0.240 e. The molecule has 0 spiro atoms. The number of aryl methyl sites for hydroxylation is 2. The van der Waals surface area contributed by atoms with Crippen molar-refractivity contribution in [1.29, 1.82) is 0 Å². The third-order valence-electron chi connectivity index (χ3n) is 4.39. The molecule has 1 heterocycles. The van der Waals surface area contributed by atoms with E-state index < -0.39 is 10.0 Å². The fourth-order valence-electron chi connectivity index (χ4n) is 3.00. The maximum absolute atomic E-state index is 12.7. The lowest BCUT2D eigenvalue weighted by molar-refractivity contribution is 0.394. The van der Waals surface area contributed by atoms with E-state index in [1.807, 2.05) is 0 Å². The highest BCUT2D eigenvalue weighted by Gasteiger charge is 2.19. The van der Waals surface area contributed by atoms with E-state index in [9.17, 15) is 8.42 Å². The second kappa shape index (κ2) is 7.49. The van der Waals surface area contributed by atoms with E-state index in [1.165, 1.54) is 18.4 Å². The zero-order chi connectivity index (χ0) is 17.9. The van der Waals surface area contributed by atoms with Gasteiger partial charge in [0.05, 0.1) is 4.90 Å². The molecule has 1 aliphatic carbocycles. The Morgan fingerprint density at radius 1 is 1.24 bits per heavy atom. The van der Waals surface area contributed by atoms with E-state index in [1.54, 1.807) is 32.0 Å². The largest absolute Gasteiger partial charge is 0.339 e. The molecule has 0 bridgehead atoms. The summed E-state index contributed by atoms with van der Waals surface area (Å²) in [6.07, 6.45) is 7.62. The minimum Gasteiger partial charge on any atom is -0.339 e. The Hall–Kier alpha value is -1.99.